The molecule has 0 spiro atoms. The third-order valence-electron chi connectivity index (χ3n) is 2.81. The first kappa shape index (κ1) is 14.3. The number of aromatic nitrogens is 1. The van der Waals surface area contributed by atoms with Crippen LogP contribution >= 0.6 is 12.2 Å². The molecule has 1 unspecified atom stereocenters. The Bertz CT molecular complexity index is 345. The van der Waals surface area contributed by atoms with Gasteiger partial charge in [-0.3, -0.25) is 4.98 Å². The molecule has 0 saturated carbocycles. The van der Waals surface area contributed by atoms with E-state index in [4.69, 9.17) is 24.8 Å². The Morgan fingerprint density at radius 3 is 2.94 bits per heavy atom. The van der Waals surface area contributed by atoms with Gasteiger partial charge in [-0.15, -0.1) is 0 Å². The summed E-state index contributed by atoms with van der Waals surface area (Å²) in [4.78, 5) is 6.29. The average Bonchev–Trinajstić information content (AvgIpc) is 2.30. The summed E-state index contributed by atoms with van der Waals surface area (Å²) in [5.41, 5.74) is 1.23. The maximum Gasteiger partial charge on any atom is 1.00 e. The Morgan fingerprint density at radius 2 is 2.31 bits per heavy atom. The van der Waals surface area contributed by atoms with Gasteiger partial charge in [-0.2, -0.15) is 0 Å². The minimum atomic E-state index is 0. The average molecular weight is 260 g/mol. The topological polar surface area (TPSA) is 16.1 Å². The zero-order chi connectivity index (χ0) is 10.7. The molecule has 0 radical (unpaired) electrons. The second kappa shape index (κ2) is 6.87. The minimum absolute atomic E-state index is 0. The molecule has 0 bridgehead atoms. The van der Waals surface area contributed by atoms with Crippen molar-refractivity contribution in [3.63, 3.8) is 0 Å². The quantitative estimate of drug-likeness (QED) is 0.382. The summed E-state index contributed by atoms with van der Waals surface area (Å²) in [5.74, 6) is 0. The fourth-order valence-electron chi connectivity index (χ4n) is 2.07. The number of hydrogen-bond acceptors (Lipinski definition) is 3. The van der Waals surface area contributed by atoms with Gasteiger partial charge in [-0.1, -0.05) is 10.4 Å². The monoisotopic (exact) mass is 260 g/mol. The second-order valence-corrected chi connectivity index (χ2v) is 4.79. The molecule has 0 N–H and O–H groups in total. The van der Waals surface area contributed by atoms with Gasteiger partial charge in [0.25, 0.3) is 0 Å². The third kappa shape index (κ3) is 3.37. The number of rotatable bonds is 1. The van der Waals surface area contributed by atoms with Crippen molar-refractivity contribution in [2.24, 2.45) is 0 Å². The predicted octanol–water partition coefficient (Wildman–Crippen LogP) is -0.556. The van der Waals surface area contributed by atoms with Crippen LogP contribution in [-0.4, -0.2) is 20.7 Å². The van der Waals surface area contributed by atoms with E-state index in [1.54, 1.807) is 6.20 Å². The van der Waals surface area contributed by atoms with E-state index in [1.165, 1.54) is 18.4 Å². The van der Waals surface area contributed by atoms with E-state index >= 15 is 0 Å². The normalized spacial score (nSPS) is 20.0. The molecule has 2 rings (SSSR count). The van der Waals surface area contributed by atoms with Crippen molar-refractivity contribution in [3.05, 3.63) is 30.1 Å². The Labute approximate surface area is 130 Å². The molecule has 1 saturated heterocycles. The third-order valence-corrected chi connectivity index (χ3v) is 3.28. The maximum absolute atomic E-state index is 5.11. The van der Waals surface area contributed by atoms with Crippen molar-refractivity contribution in [3.8, 4) is 0 Å². The SMILES string of the molecule is S=C([S-])N1CCCCC1c1cccnc1.[Na+]. The number of nitrogens with zero attached hydrogens (tertiary/aromatic N) is 2. The van der Waals surface area contributed by atoms with Gasteiger partial charge in [0.2, 0.25) is 0 Å². The molecule has 1 aliphatic rings. The first-order valence-electron chi connectivity index (χ1n) is 5.16. The maximum atomic E-state index is 5.11. The number of hydrogen-bond donors (Lipinski definition) is 0. The second-order valence-electron chi connectivity index (χ2n) is 3.76. The molecule has 80 valence electrons. The fourth-order valence-corrected chi connectivity index (χ4v) is 2.51. The number of thiocarbonyl (C=S) groups is 1. The molecule has 1 aliphatic heterocycles. The van der Waals surface area contributed by atoms with Gasteiger partial charge in [0.15, 0.2) is 0 Å². The van der Waals surface area contributed by atoms with Crippen LogP contribution in [0.25, 0.3) is 0 Å². The molecule has 0 aromatic carbocycles. The molecule has 1 atom stereocenters. The van der Waals surface area contributed by atoms with Gasteiger partial charge < -0.3 is 29.7 Å². The van der Waals surface area contributed by atoms with E-state index in [9.17, 15) is 0 Å². The van der Waals surface area contributed by atoms with Crippen molar-refractivity contribution < 1.29 is 29.6 Å². The predicted molar refractivity (Wildman–Crippen MR) is 67.5 cm³/mol. The first-order chi connectivity index (χ1) is 7.29. The Balaban J connectivity index is 0.00000128. The Kier molecular flexibility index (Phi) is 6.15. The molecule has 2 nitrogen and oxygen atoms in total. The molecule has 0 amide bonds. The van der Waals surface area contributed by atoms with E-state index < -0.39 is 0 Å². The van der Waals surface area contributed by atoms with Crippen LogP contribution in [0.3, 0.4) is 0 Å². The van der Waals surface area contributed by atoms with E-state index in [0.29, 0.717) is 10.4 Å². The van der Waals surface area contributed by atoms with Gasteiger partial charge in [0, 0.05) is 18.9 Å². The minimum Gasteiger partial charge on any atom is -0.411 e. The molecule has 1 aromatic heterocycles. The Hall–Kier alpha value is 0.260. The van der Waals surface area contributed by atoms with Crippen LogP contribution in [0.1, 0.15) is 30.9 Å². The molecule has 0 aliphatic carbocycles. The van der Waals surface area contributed by atoms with Crippen LogP contribution in [0, 0.1) is 0 Å². The first-order valence-corrected chi connectivity index (χ1v) is 5.98. The van der Waals surface area contributed by atoms with E-state index in [2.05, 4.69) is 16.0 Å². The summed E-state index contributed by atoms with van der Waals surface area (Å²) in [6.45, 7) is 0.988. The molecule has 16 heavy (non-hydrogen) atoms. The zero-order valence-electron chi connectivity index (χ0n) is 9.43. The summed E-state index contributed by atoms with van der Waals surface area (Å²) in [5, 5.41) is 0. The number of piperidine rings is 1. The van der Waals surface area contributed by atoms with E-state index in [0.717, 1.165) is 13.0 Å². The summed E-state index contributed by atoms with van der Waals surface area (Å²) in [7, 11) is 0. The van der Waals surface area contributed by atoms with Crippen LogP contribution in [0.2, 0.25) is 0 Å². The largest absolute Gasteiger partial charge is 1.00 e. The summed E-state index contributed by atoms with van der Waals surface area (Å²) in [6.07, 6.45) is 7.27. The van der Waals surface area contributed by atoms with Crippen LogP contribution in [-0.2, 0) is 12.6 Å². The van der Waals surface area contributed by atoms with Crippen molar-refractivity contribution in [1.29, 1.82) is 0 Å². The van der Waals surface area contributed by atoms with Crippen molar-refractivity contribution in [1.82, 2.24) is 9.88 Å². The van der Waals surface area contributed by atoms with Crippen molar-refractivity contribution >= 4 is 29.2 Å². The van der Waals surface area contributed by atoms with E-state index in [1.807, 2.05) is 12.3 Å². The smallest absolute Gasteiger partial charge is 0.411 e. The fraction of sp³-hybridized carbons (Fsp3) is 0.455. The zero-order valence-corrected chi connectivity index (χ0v) is 13.1. The van der Waals surface area contributed by atoms with Gasteiger partial charge in [-0.25, -0.2) is 0 Å². The van der Waals surface area contributed by atoms with Gasteiger partial charge in [-0.05, 0) is 30.9 Å². The number of likely N-dealkylation sites (tertiary alicyclic amines) is 1. The van der Waals surface area contributed by atoms with Gasteiger partial charge in [0.05, 0.1) is 6.04 Å². The van der Waals surface area contributed by atoms with Crippen LogP contribution in [0.15, 0.2) is 24.5 Å². The summed E-state index contributed by atoms with van der Waals surface area (Å²) < 4.78 is 0.587. The van der Waals surface area contributed by atoms with E-state index in [-0.39, 0.29) is 29.6 Å². The molecule has 1 fully saturated rings. The van der Waals surface area contributed by atoms with Crippen LogP contribution in [0.4, 0.5) is 0 Å². The van der Waals surface area contributed by atoms with Gasteiger partial charge in [0.1, 0.15) is 0 Å². The summed E-state index contributed by atoms with van der Waals surface area (Å²) >= 11 is 10.2. The van der Waals surface area contributed by atoms with Gasteiger partial charge >= 0.3 is 29.6 Å². The number of pyridine rings is 1. The Morgan fingerprint density at radius 1 is 1.50 bits per heavy atom. The molecular weight excluding hydrogens is 247 g/mol. The van der Waals surface area contributed by atoms with Crippen molar-refractivity contribution in [2.45, 2.75) is 25.3 Å². The van der Waals surface area contributed by atoms with Crippen LogP contribution in [0.5, 0.6) is 0 Å². The van der Waals surface area contributed by atoms with Crippen molar-refractivity contribution in [2.75, 3.05) is 6.54 Å². The standard InChI is InChI=1S/C11H14N2S2.Na/c14-11(15)13-7-2-1-5-10(13)9-4-3-6-12-8-9;/h3-4,6,8,10H,1-2,5,7H2,(H,14,15);/q;+1/p-1. The molecule has 1 aromatic rings. The summed E-state index contributed by atoms with van der Waals surface area (Å²) in [6, 6.07) is 4.41. The molecule has 5 heteroatoms. The molecule has 2 heterocycles. The van der Waals surface area contributed by atoms with Crippen LogP contribution < -0.4 is 29.6 Å². The molecular formula is C11H13N2NaS2.